The number of hydrogen-bond donors (Lipinski definition) is 1. The highest BCUT2D eigenvalue weighted by Crippen LogP contribution is 2.20. The predicted octanol–water partition coefficient (Wildman–Crippen LogP) is 3.82. The molecule has 0 fully saturated rings. The van der Waals surface area contributed by atoms with Crippen molar-refractivity contribution in [3.63, 3.8) is 0 Å². The molecule has 4 heteroatoms. The normalized spacial score (nSPS) is 12.8. The van der Waals surface area contributed by atoms with Gasteiger partial charge < -0.3 is 9.73 Å². The standard InChI is InChI=1S/C15H18ClNO2/c1-10(2)7-11(8-16)17-15(18)13-9-19-14-6-4-3-5-12(13)14/h3-6,9-11H,7-8H2,1-2H3,(H,17,18). The number of alkyl halides is 1. The third kappa shape index (κ3) is 3.29. The molecule has 1 unspecified atom stereocenters. The SMILES string of the molecule is CC(C)CC(CCl)NC(=O)c1coc2ccccc12. The fourth-order valence-corrected chi connectivity index (χ4v) is 2.35. The molecule has 1 atom stereocenters. The van der Waals surface area contributed by atoms with Crippen LogP contribution in [0.1, 0.15) is 30.6 Å². The number of halogens is 1. The molecule has 0 saturated heterocycles. The van der Waals surface area contributed by atoms with Crippen LogP contribution in [0.3, 0.4) is 0 Å². The number of carbonyl (C=O) groups is 1. The van der Waals surface area contributed by atoms with Crippen molar-refractivity contribution >= 4 is 28.5 Å². The molecule has 2 aromatic rings. The van der Waals surface area contributed by atoms with Crippen LogP contribution in [0, 0.1) is 5.92 Å². The first-order valence-electron chi connectivity index (χ1n) is 6.45. The molecule has 0 aliphatic carbocycles. The Morgan fingerprint density at radius 3 is 2.79 bits per heavy atom. The molecule has 1 aromatic heterocycles. The summed E-state index contributed by atoms with van der Waals surface area (Å²) in [6.45, 7) is 4.22. The molecule has 102 valence electrons. The third-order valence-electron chi connectivity index (χ3n) is 3.00. The highest BCUT2D eigenvalue weighted by molar-refractivity contribution is 6.18. The van der Waals surface area contributed by atoms with E-state index in [9.17, 15) is 4.79 Å². The van der Waals surface area contributed by atoms with E-state index in [1.54, 1.807) is 0 Å². The number of carbonyl (C=O) groups excluding carboxylic acids is 1. The van der Waals surface area contributed by atoms with Crippen molar-refractivity contribution in [2.45, 2.75) is 26.3 Å². The van der Waals surface area contributed by atoms with Crippen LogP contribution in [0.5, 0.6) is 0 Å². The number of hydrogen-bond acceptors (Lipinski definition) is 2. The van der Waals surface area contributed by atoms with E-state index in [0.717, 1.165) is 17.4 Å². The van der Waals surface area contributed by atoms with Crippen LogP contribution in [0.15, 0.2) is 34.9 Å². The lowest BCUT2D eigenvalue weighted by Gasteiger charge is -2.17. The lowest BCUT2D eigenvalue weighted by Crippen LogP contribution is -2.37. The summed E-state index contributed by atoms with van der Waals surface area (Å²) in [6.07, 6.45) is 2.37. The number of benzene rings is 1. The second-order valence-corrected chi connectivity index (χ2v) is 5.41. The van der Waals surface area contributed by atoms with Gasteiger partial charge in [0.15, 0.2) is 0 Å². The van der Waals surface area contributed by atoms with Gasteiger partial charge in [0.1, 0.15) is 11.8 Å². The average molecular weight is 280 g/mol. The predicted molar refractivity (Wildman–Crippen MR) is 77.6 cm³/mol. The van der Waals surface area contributed by atoms with Gasteiger partial charge in [0, 0.05) is 17.3 Å². The average Bonchev–Trinajstić information content (AvgIpc) is 2.81. The molecule has 2 rings (SSSR count). The first-order chi connectivity index (χ1) is 9.11. The van der Waals surface area contributed by atoms with Crippen molar-refractivity contribution in [2.24, 2.45) is 5.92 Å². The van der Waals surface area contributed by atoms with E-state index in [2.05, 4.69) is 19.2 Å². The van der Waals surface area contributed by atoms with E-state index in [1.165, 1.54) is 6.26 Å². The van der Waals surface area contributed by atoms with Gasteiger partial charge in [-0.1, -0.05) is 32.0 Å². The fourth-order valence-electron chi connectivity index (χ4n) is 2.15. The van der Waals surface area contributed by atoms with Crippen molar-refractivity contribution < 1.29 is 9.21 Å². The van der Waals surface area contributed by atoms with E-state index in [4.69, 9.17) is 16.0 Å². The fraction of sp³-hybridized carbons (Fsp3) is 0.400. The molecular weight excluding hydrogens is 262 g/mol. The van der Waals surface area contributed by atoms with Crippen LogP contribution in [-0.4, -0.2) is 17.8 Å². The Kier molecular flexibility index (Phi) is 4.48. The largest absolute Gasteiger partial charge is 0.463 e. The molecule has 1 aromatic carbocycles. The summed E-state index contributed by atoms with van der Waals surface area (Å²) in [5.41, 5.74) is 1.29. The molecule has 0 saturated carbocycles. The number of fused-ring (bicyclic) bond motifs is 1. The van der Waals surface area contributed by atoms with E-state index in [0.29, 0.717) is 17.4 Å². The van der Waals surface area contributed by atoms with Crippen LogP contribution < -0.4 is 5.32 Å². The second kappa shape index (κ2) is 6.11. The van der Waals surface area contributed by atoms with Gasteiger partial charge >= 0.3 is 0 Å². The van der Waals surface area contributed by atoms with Gasteiger partial charge in [-0.3, -0.25) is 4.79 Å². The Morgan fingerprint density at radius 1 is 1.37 bits per heavy atom. The molecule has 0 bridgehead atoms. The highest BCUT2D eigenvalue weighted by atomic mass is 35.5. The van der Waals surface area contributed by atoms with Gasteiger partial charge in [0.25, 0.3) is 5.91 Å². The summed E-state index contributed by atoms with van der Waals surface area (Å²) in [5, 5.41) is 3.79. The van der Waals surface area contributed by atoms with Crippen LogP contribution in [-0.2, 0) is 0 Å². The first-order valence-corrected chi connectivity index (χ1v) is 6.98. The number of para-hydroxylation sites is 1. The minimum absolute atomic E-state index is 0.0113. The van der Waals surface area contributed by atoms with Crippen LogP contribution in [0.4, 0.5) is 0 Å². The second-order valence-electron chi connectivity index (χ2n) is 5.10. The van der Waals surface area contributed by atoms with Gasteiger partial charge in [0.2, 0.25) is 0 Å². The first kappa shape index (κ1) is 13.9. The maximum Gasteiger partial charge on any atom is 0.255 e. The molecular formula is C15H18ClNO2. The van der Waals surface area contributed by atoms with E-state index in [1.807, 2.05) is 24.3 Å². The van der Waals surface area contributed by atoms with Crippen LogP contribution in [0.2, 0.25) is 0 Å². The summed E-state index contributed by atoms with van der Waals surface area (Å²) < 4.78 is 5.37. The Bertz CT molecular complexity index is 562. The zero-order chi connectivity index (χ0) is 13.8. The van der Waals surface area contributed by atoms with Crippen LogP contribution >= 0.6 is 11.6 Å². The monoisotopic (exact) mass is 279 g/mol. The maximum absolute atomic E-state index is 12.2. The summed E-state index contributed by atoms with van der Waals surface area (Å²) in [5.74, 6) is 0.779. The quantitative estimate of drug-likeness (QED) is 0.846. The van der Waals surface area contributed by atoms with Crippen molar-refractivity contribution in [3.8, 4) is 0 Å². The number of nitrogens with one attached hydrogen (secondary N) is 1. The lowest BCUT2D eigenvalue weighted by atomic mass is 10.0. The Hall–Kier alpha value is -1.48. The number of rotatable bonds is 5. The zero-order valence-corrected chi connectivity index (χ0v) is 11.9. The van der Waals surface area contributed by atoms with Gasteiger partial charge in [-0.25, -0.2) is 0 Å². The van der Waals surface area contributed by atoms with Crippen molar-refractivity contribution in [1.29, 1.82) is 0 Å². The summed E-state index contributed by atoms with van der Waals surface area (Å²) in [4.78, 5) is 12.2. The Morgan fingerprint density at radius 2 is 2.11 bits per heavy atom. The van der Waals surface area contributed by atoms with E-state index in [-0.39, 0.29) is 11.9 Å². The molecule has 0 aliphatic rings. The minimum atomic E-state index is -0.128. The zero-order valence-electron chi connectivity index (χ0n) is 11.2. The molecule has 1 heterocycles. The highest BCUT2D eigenvalue weighted by Gasteiger charge is 2.17. The van der Waals surface area contributed by atoms with Gasteiger partial charge in [-0.15, -0.1) is 11.6 Å². The summed E-state index contributed by atoms with van der Waals surface area (Å²) in [7, 11) is 0. The van der Waals surface area contributed by atoms with E-state index < -0.39 is 0 Å². The van der Waals surface area contributed by atoms with Crippen molar-refractivity contribution in [1.82, 2.24) is 5.32 Å². The Labute approximate surface area is 117 Å². The molecule has 0 radical (unpaired) electrons. The molecule has 1 N–H and O–H groups in total. The lowest BCUT2D eigenvalue weighted by molar-refractivity contribution is 0.0937. The van der Waals surface area contributed by atoms with Gasteiger partial charge in [0.05, 0.1) is 5.56 Å². The van der Waals surface area contributed by atoms with Crippen LogP contribution in [0.25, 0.3) is 11.0 Å². The molecule has 19 heavy (non-hydrogen) atoms. The van der Waals surface area contributed by atoms with E-state index >= 15 is 0 Å². The minimum Gasteiger partial charge on any atom is -0.463 e. The third-order valence-corrected chi connectivity index (χ3v) is 3.38. The molecule has 0 aliphatic heterocycles. The summed E-state index contributed by atoms with van der Waals surface area (Å²) >= 11 is 5.90. The van der Waals surface area contributed by atoms with Crippen molar-refractivity contribution in [2.75, 3.05) is 5.88 Å². The van der Waals surface area contributed by atoms with Gasteiger partial charge in [-0.2, -0.15) is 0 Å². The summed E-state index contributed by atoms with van der Waals surface area (Å²) in [6, 6.07) is 7.49. The molecule has 0 spiro atoms. The molecule has 1 amide bonds. The number of amides is 1. The smallest absolute Gasteiger partial charge is 0.255 e. The van der Waals surface area contributed by atoms with Gasteiger partial charge in [-0.05, 0) is 18.4 Å². The molecule has 3 nitrogen and oxygen atoms in total. The topological polar surface area (TPSA) is 42.2 Å². The number of furan rings is 1. The maximum atomic E-state index is 12.2. The Balaban J connectivity index is 2.15. The van der Waals surface area contributed by atoms with Crippen molar-refractivity contribution in [3.05, 3.63) is 36.1 Å².